The zero-order chi connectivity index (χ0) is 16.7. The minimum Gasteiger partial charge on any atom is -0.381 e. The van der Waals surface area contributed by atoms with Crippen molar-refractivity contribution in [3.63, 3.8) is 0 Å². The molecule has 5 rings (SSSR count). The minimum absolute atomic E-state index is 0.170. The van der Waals surface area contributed by atoms with Crippen molar-refractivity contribution in [3.8, 4) is 0 Å². The summed E-state index contributed by atoms with van der Waals surface area (Å²) < 4.78 is 7.27. The number of hydrogen-bond acceptors (Lipinski definition) is 4. The molecule has 4 aliphatic rings. The second-order valence-electron chi connectivity index (χ2n) is 7.65. The largest absolute Gasteiger partial charge is 0.381 e. The quantitative estimate of drug-likeness (QED) is 0.822. The number of amides is 1. The number of aryl methyl sites for hydroxylation is 2. The van der Waals surface area contributed by atoms with Gasteiger partial charge in [0.2, 0.25) is 0 Å². The standard InChI is InChI=1S/C18H28N4O2/c1-13-17(12-20(2)19-13)18(23)22-10-14-3-4-16(22)11-21(9-14)15-5-7-24-8-6-15/h12,14-16H,3-11H2,1-2H3/t14-,16+/m0/s1. The van der Waals surface area contributed by atoms with E-state index in [4.69, 9.17) is 4.74 Å². The van der Waals surface area contributed by atoms with Gasteiger partial charge in [-0.1, -0.05) is 0 Å². The third-order valence-electron chi connectivity index (χ3n) is 5.95. The highest BCUT2D eigenvalue weighted by atomic mass is 16.5. The van der Waals surface area contributed by atoms with E-state index in [0.717, 1.165) is 63.4 Å². The molecule has 0 spiro atoms. The van der Waals surface area contributed by atoms with Crippen LogP contribution in [-0.4, -0.2) is 70.4 Å². The van der Waals surface area contributed by atoms with E-state index >= 15 is 0 Å². The lowest BCUT2D eigenvalue weighted by atomic mass is 9.94. The molecule has 1 aromatic heterocycles. The van der Waals surface area contributed by atoms with Gasteiger partial charge in [0.1, 0.15) is 0 Å². The maximum absolute atomic E-state index is 13.1. The van der Waals surface area contributed by atoms with Crippen LogP contribution < -0.4 is 0 Å². The van der Waals surface area contributed by atoms with Crippen molar-refractivity contribution in [2.45, 2.75) is 44.7 Å². The van der Waals surface area contributed by atoms with Crippen molar-refractivity contribution in [2.24, 2.45) is 13.0 Å². The zero-order valence-electron chi connectivity index (χ0n) is 14.8. The van der Waals surface area contributed by atoms with Crippen molar-refractivity contribution >= 4 is 5.91 Å². The number of aromatic nitrogens is 2. The average molecular weight is 332 g/mol. The summed E-state index contributed by atoms with van der Waals surface area (Å²) in [6.07, 6.45) is 6.52. The van der Waals surface area contributed by atoms with Crippen LogP contribution in [0.2, 0.25) is 0 Å². The Morgan fingerprint density at radius 3 is 2.62 bits per heavy atom. The summed E-state index contributed by atoms with van der Waals surface area (Å²) in [5.41, 5.74) is 1.60. The van der Waals surface area contributed by atoms with Gasteiger partial charge in [-0.3, -0.25) is 14.4 Å². The highest BCUT2D eigenvalue weighted by Gasteiger charge is 2.40. The van der Waals surface area contributed by atoms with Crippen molar-refractivity contribution in [3.05, 3.63) is 17.5 Å². The van der Waals surface area contributed by atoms with Gasteiger partial charge in [-0.25, -0.2) is 0 Å². The molecule has 0 N–H and O–H groups in total. The molecule has 4 fully saturated rings. The average Bonchev–Trinajstić information content (AvgIpc) is 2.78. The SMILES string of the molecule is Cc1nn(C)cc1C(=O)N1C[C@H]2CC[C@@H]1CN(C1CCOCC1)C2. The van der Waals surface area contributed by atoms with Gasteiger partial charge >= 0.3 is 0 Å². The van der Waals surface area contributed by atoms with Crippen LogP contribution in [0.3, 0.4) is 0 Å². The molecular weight excluding hydrogens is 304 g/mol. The number of carbonyl (C=O) groups excluding carboxylic acids is 1. The van der Waals surface area contributed by atoms with Crippen molar-refractivity contribution < 1.29 is 9.53 Å². The van der Waals surface area contributed by atoms with E-state index < -0.39 is 0 Å². The maximum atomic E-state index is 13.1. The lowest BCUT2D eigenvalue weighted by Gasteiger charge is -2.37. The molecule has 2 atom stereocenters. The number of ether oxygens (including phenoxy) is 1. The van der Waals surface area contributed by atoms with Gasteiger partial charge in [0.15, 0.2) is 0 Å². The van der Waals surface area contributed by atoms with Gasteiger partial charge in [-0.05, 0) is 38.5 Å². The van der Waals surface area contributed by atoms with E-state index in [9.17, 15) is 4.79 Å². The van der Waals surface area contributed by atoms with E-state index in [1.807, 2.05) is 20.2 Å². The van der Waals surface area contributed by atoms with Crippen LogP contribution in [-0.2, 0) is 11.8 Å². The topological polar surface area (TPSA) is 50.6 Å². The molecular formula is C18H28N4O2. The summed E-state index contributed by atoms with van der Waals surface area (Å²) >= 11 is 0. The Balaban J connectivity index is 1.52. The Morgan fingerprint density at radius 2 is 1.92 bits per heavy atom. The van der Waals surface area contributed by atoms with Crippen LogP contribution in [0.25, 0.3) is 0 Å². The minimum atomic E-state index is 0.170. The van der Waals surface area contributed by atoms with Crippen molar-refractivity contribution in [1.82, 2.24) is 19.6 Å². The lowest BCUT2D eigenvalue weighted by molar-refractivity contribution is 0.0304. The predicted octanol–water partition coefficient (Wildman–Crippen LogP) is 1.44. The Morgan fingerprint density at radius 1 is 1.12 bits per heavy atom. The Labute approximate surface area is 143 Å². The number of carbonyl (C=O) groups is 1. The van der Waals surface area contributed by atoms with Gasteiger partial charge in [-0.2, -0.15) is 5.10 Å². The maximum Gasteiger partial charge on any atom is 0.257 e. The molecule has 24 heavy (non-hydrogen) atoms. The molecule has 1 aromatic rings. The molecule has 132 valence electrons. The van der Waals surface area contributed by atoms with Crippen LogP contribution in [0.5, 0.6) is 0 Å². The van der Waals surface area contributed by atoms with Crippen LogP contribution >= 0.6 is 0 Å². The van der Waals surface area contributed by atoms with Gasteiger partial charge in [0.25, 0.3) is 5.91 Å². The second-order valence-corrected chi connectivity index (χ2v) is 7.65. The highest BCUT2D eigenvalue weighted by Crippen LogP contribution is 2.31. The number of rotatable bonds is 2. The van der Waals surface area contributed by atoms with Crippen molar-refractivity contribution in [2.75, 3.05) is 32.8 Å². The van der Waals surface area contributed by atoms with Crippen LogP contribution in [0.4, 0.5) is 0 Å². The molecule has 0 saturated carbocycles. The molecule has 4 aliphatic heterocycles. The summed E-state index contributed by atoms with van der Waals surface area (Å²) in [6, 6.07) is 0.982. The summed E-state index contributed by atoms with van der Waals surface area (Å²) in [7, 11) is 1.88. The monoisotopic (exact) mass is 332 g/mol. The van der Waals surface area contributed by atoms with Gasteiger partial charge < -0.3 is 9.64 Å². The Kier molecular flexibility index (Phi) is 4.35. The fourth-order valence-corrected chi connectivity index (χ4v) is 4.68. The third kappa shape index (κ3) is 2.97. The first-order valence-corrected chi connectivity index (χ1v) is 9.25. The van der Waals surface area contributed by atoms with Crippen LogP contribution in [0.1, 0.15) is 41.7 Å². The van der Waals surface area contributed by atoms with E-state index in [-0.39, 0.29) is 5.91 Å². The molecule has 0 radical (unpaired) electrons. The van der Waals surface area contributed by atoms with E-state index in [2.05, 4.69) is 14.9 Å². The lowest BCUT2D eigenvalue weighted by Crippen LogP contribution is -2.48. The van der Waals surface area contributed by atoms with E-state index in [1.54, 1.807) is 4.68 Å². The molecule has 5 heterocycles. The molecule has 6 heteroatoms. The first-order chi connectivity index (χ1) is 11.6. The Hall–Kier alpha value is -1.40. The number of hydrogen-bond donors (Lipinski definition) is 0. The van der Waals surface area contributed by atoms with Crippen molar-refractivity contribution in [1.29, 1.82) is 0 Å². The molecule has 2 bridgehead atoms. The molecule has 0 aromatic carbocycles. The highest BCUT2D eigenvalue weighted by molar-refractivity contribution is 5.95. The first kappa shape index (κ1) is 16.1. The van der Waals surface area contributed by atoms with Gasteiger partial charge in [0.05, 0.1) is 11.3 Å². The molecule has 0 aliphatic carbocycles. The summed E-state index contributed by atoms with van der Waals surface area (Å²) in [6.45, 7) is 6.75. The zero-order valence-corrected chi connectivity index (χ0v) is 14.8. The first-order valence-electron chi connectivity index (χ1n) is 9.25. The molecule has 1 amide bonds. The van der Waals surface area contributed by atoms with Gasteiger partial charge in [-0.15, -0.1) is 0 Å². The third-order valence-corrected chi connectivity index (χ3v) is 5.95. The molecule has 6 nitrogen and oxygen atoms in total. The summed E-state index contributed by atoms with van der Waals surface area (Å²) in [4.78, 5) is 17.9. The van der Waals surface area contributed by atoms with E-state index in [0.29, 0.717) is 18.0 Å². The number of fused-ring (bicyclic) bond motifs is 4. The van der Waals surface area contributed by atoms with E-state index in [1.165, 1.54) is 6.42 Å². The number of nitrogens with zero attached hydrogens (tertiary/aromatic N) is 4. The summed E-state index contributed by atoms with van der Waals surface area (Å²) in [5.74, 6) is 0.775. The molecule has 0 unspecified atom stereocenters. The smallest absolute Gasteiger partial charge is 0.257 e. The van der Waals surface area contributed by atoms with Crippen LogP contribution in [0.15, 0.2) is 6.20 Å². The normalized spacial score (nSPS) is 29.0. The predicted molar refractivity (Wildman–Crippen MR) is 90.9 cm³/mol. The second kappa shape index (κ2) is 6.48. The van der Waals surface area contributed by atoms with Gasteiger partial charge in [0, 0.05) is 58.2 Å². The fourth-order valence-electron chi connectivity index (χ4n) is 4.68. The fraction of sp³-hybridized carbons (Fsp3) is 0.778. The molecule has 4 saturated heterocycles. The number of piperidine rings is 1. The summed E-state index contributed by atoms with van der Waals surface area (Å²) in [5, 5.41) is 4.35. The van der Waals surface area contributed by atoms with Crippen LogP contribution in [0, 0.1) is 12.8 Å². The Bertz CT molecular complexity index is 608.